The second-order valence-corrected chi connectivity index (χ2v) is 6.81. The molecule has 0 spiro atoms. The zero-order chi connectivity index (χ0) is 15.3. The Hall–Kier alpha value is -2.09. The van der Waals surface area contributed by atoms with E-state index in [0.717, 1.165) is 5.56 Å². The number of fused-ring (bicyclic) bond motifs is 1. The van der Waals surface area contributed by atoms with Crippen LogP contribution in [0.3, 0.4) is 0 Å². The van der Waals surface area contributed by atoms with Crippen LogP contribution in [0.25, 0.3) is 0 Å². The number of nitriles is 1. The van der Waals surface area contributed by atoms with E-state index in [1.165, 1.54) is 11.1 Å². The summed E-state index contributed by atoms with van der Waals surface area (Å²) in [6.45, 7) is 10.1. The van der Waals surface area contributed by atoms with Crippen LogP contribution in [-0.2, 0) is 0 Å². The highest BCUT2D eigenvalue weighted by Gasteiger charge is 2.52. The predicted octanol–water partition coefficient (Wildman–Crippen LogP) is 3.36. The quantitative estimate of drug-likeness (QED) is 0.786. The monoisotopic (exact) mass is 273 g/mol. The zero-order valence-electron chi connectivity index (χ0n) is 12.4. The summed E-state index contributed by atoms with van der Waals surface area (Å²) in [5.41, 5.74) is 1.08. The molecule has 106 valence electrons. The van der Waals surface area contributed by atoms with Crippen LogP contribution >= 0.6 is 0 Å². The second kappa shape index (κ2) is 4.20. The van der Waals surface area contributed by atoms with Crippen LogP contribution in [0.15, 0.2) is 12.3 Å². The summed E-state index contributed by atoms with van der Waals surface area (Å²) in [7, 11) is 0. The number of carboxylic acid groups (broad SMARTS) is 1. The Morgan fingerprint density at radius 1 is 1.50 bits per heavy atom. The van der Waals surface area contributed by atoms with Crippen LogP contribution in [0.1, 0.15) is 51.8 Å². The summed E-state index contributed by atoms with van der Waals surface area (Å²) >= 11 is 0. The number of hydrogen-bond acceptors (Lipinski definition) is 3. The molecule has 20 heavy (non-hydrogen) atoms. The smallest absolute Gasteiger partial charge is 0.412 e. The molecule has 2 rings (SSSR count). The van der Waals surface area contributed by atoms with Crippen molar-refractivity contribution in [2.24, 2.45) is 5.41 Å². The molecular weight excluding hydrogens is 254 g/mol. The number of anilines is 1. The average molecular weight is 273 g/mol. The number of nitrogens with zero attached hydrogens (tertiary/aromatic N) is 3. The van der Waals surface area contributed by atoms with Crippen molar-refractivity contribution in [1.82, 2.24) is 4.98 Å². The topological polar surface area (TPSA) is 77.2 Å². The van der Waals surface area contributed by atoms with Gasteiger partial charge in [0.1, 0.15) is 11.8 Å². The van der Waals surface area contributed by atoms with Gasteiger partial charge in [0.05, 0.1) is 17.4 Å². The van der Waals surface area contributed by atoms with Gasteiger partial charge in [-0.15, -0.1) is 0 Å². The van der Waals surface area contributed by atoms with Crippen molar-refractivity contribution in [2.75, 3.05) is 4.90 Å². The molecule has 1 aliphatic heterocycles. The standard InChI is InChI=1S/C15H19N3O2/c1-14(2,3)12-10-6-9(7-16)17-8-11(10)18(13(19)20)15(12,4)5/h6,8,12H,1-5H3,(H,19,20). The Morgan fingerprint density at radius 2 is 2.10 bits per heavy atom. The van der Waals surface area contributed by atoms with E-state index >= 15 is 0 Å². The van der Waals surface area contributed by atoms with Gasteiger partial charge in [-0.1, -0.05) is 20.8 Å². The number of carbonyl (C=O) groups is 1. The summed E-state index contributed by atoms with van der Waals surface area (Å²) in [6, 6.07) is 3.74. The van der Waals surface area contributed by atoms with Crippen LogP contribution < -0.4 is 4.90 Å². The van der Waals surface area contributed by atoms with E-state index in [1.807, 2.05) is 19.9 Å². The normalized spacial score (nSPS) is 20.4. The van der Waals surface area contributed by atoms with E-state index < -0.39 is 11.6 Å². The SMILES string of the molecule is CC(C)(C)C1c2cc(C#N)ncc2N(C(=O)O)C1(C)C. The van der Waals surface area contributed by atoms with Crippen molar-refractivity contribution in [3.63, 3.8) is 0 Å². The fourth-order valence-corrected chi connectivity index (χ4v) is 3.64. The summed E-state index contributed by atoms with van der Waals surface area (Å²) in [4.78, 5) is 17.0. The van der Waals surface area contributed by atoms with Crippen molar-refractivity contribution in [3.8, 4) is 6.07 Å². The second-order valence-electron chi connectivity index (χ2n) is 6.81. The maximum Gasteiger partial charge on any atom is 0.412 e. The Morgan fingerprint density at radius 3 is 2.55 bits per heavy atom. The van der Waals surface area contributed by atoms with Crippen molar-refractivity contribution in [3.05, 3.63) is 23.5 Å². The first-order valence-electron chi connectivity index (χ1n) is 6.54. The number of amides is 1. The van der Waals surface area contributed by atoms with Gasteiger partial charge in [0.25, 0.3) is 0 Å². The highest BCUT2D eigenvalue weighted by atomic mass is 16.4. The van der Waals surface area contributed by atoms with Gasteiger partial charge in [0, 0.05) is 5.92 Å². The zero-order valence-corrected chi connectivity index (χ0v) is 12.4. The van der Waals surface area contributed by atoms with E-state index in [1.54, 1.807) is 6.07 Å². The molecule has 1 unspecified atom stereocenters. The first-order valence-corrected chi connectivity index (χ1v) is 6.54. The van der Waals surface area contributed by atoms with E-state index in [9.17, 15) is 9.90 Å². The van der Waals surface area contributed by atoms with Gasteiger partial charge in [-0.3, -0.25) is 4.90 Å². The lowest BCUT2D eigenvalue weighted by Gasteiger charge is -2.41. The number of hydrogen-bond donors (Lipinski definition) is 1. The van der Waals surface area contributed by atoms with E-state index in [-0.39, 0.29) is 11.3 Å². The van der Waals surface area contributed by atoms with Gasteiger partial charge in [0.15, 0.2) is 0 Å². The summed E-state index contributed by atoms with van der Waals surface area (Å²) in [5, 5.41) is 18.6. The third kappa shape index (κ3) is 1.92. The lowest BCUT2D eigenvalue weighted by molar-refractivity contribution is 0.182. The lowest BCUT2D eigenvalue weighted by atomic mass is 9.69. The Labute approximate surface area is 118 Å². The third-order valence-electron chi connectivity index (χ3n) is 3.92. The molecule has 1 amide bonds. The molecule has 0 saturated carbocycles. The van der Waals surface area contributed by atoms with Crippen LogP contribution in [0.2, 0.25) is 0 Å². The van der Waals surface area contributed by atoms with Gasteiger partial charge in [-0.25, -0.2) is 9.78 Å². The van der Waals surface area contributed by atoms with Crippen LogP contribution in [0, 0.1) is 16.7 Å². The van der Waals surface area contributed by atoms with Crippen LogP contribution in [0.4, 0.5) is 10.5 Å². The molecule has 5 heteroatoms. The highest BCUT2D eigenvalue weighted by molar-refractivity contribution is 5.91. The molecule has 2 heterocycles. The Kier molecular flexibility index (Phi) is 3.01. The minimum absolute atomic E-state index is 0.00352. The summed E-state index contributed by atoms with van der Waals surface area (Å²) < 4.78 is 0. The molecule has 0 aromatic carbocycles. The first-order chi connectivity index (χ1) is 9.10. The van der Waals surface area contributed by atoms with Crippen molar-refractivity contribution in [1.29, 1.82) is 5.26 Å². The summed E-state index contributed by atoms with van der Waals surface area (Å²) in [6.07, 6.45) is 0.504. The Balaban J connectivity index is 2.74. The molecule has 1 aromatic heterocycles. The van der Waals surface area contributed by atoms with Crippen molar-refractivity contribution < 1.29 is 9.90 Å². The lowest BCUT2D eigenvalue weighted by Crippen LogP contribution is -2.49. The largest absolute Gasteiger partial charge is 0.465 e. The maximum atomic E-state index is 11.6. The Bertz CT molecular complexity index is 609. The molecule has 0 saturated heterocycles. The molecular formula is C15H19N3O2. The fraction of sp³-hybridized carbons (Fsp3) is 0.533. The summed E-state index contributed by atoms with van der Waals surface area (Å²) in [5.74, 6) is -0.00352. The minimum Gasteiger partial charge on any atom is -0.465 e. The fourth-order valence-electron chi connectivity index (χ4n) is 3.64. The van der Waals surface area contributed by atoms with Crippen LogP contribution in [0.5, 0.6) is 0 Å². The first kappa shape index (κ1) is 14.3. The maximum absolute atomic E-state index is 11.6. The molecule has 0 bridgehead atoms. The van der Waals surface area contributed by atoms with Gasteiger partial charge < -0.3 is 5.11 Å². The molecule has 0 aliphatic carbocycles. The minimum atomic E-state index is -0.991. The molecule has 1 aromatic rings. The molecule has 1 atom stereocenters. The van der Waals surface area contributed by atoms with Crippen LogP contribution in [-0.4, -0.2) is 21.7 Å². The van der Waals surface area contributed by atoms with Gasteiger partial charge in [-0.05, 0) is 30.9 Å². The number of pyridine rings is 1. The van der Waals surface area contributed by atoms with Crippen molar-refractivity contribution in [2.45, 2.75) is 46.1 Å². The molecule has 1 aliphatic rings. The third-order valence-corrected chi connectivity index (χ3v) is 3.92. The van der Waals surface area contributed by atoms with Gasteiger partial charge in [0.2, 0.25) is 0 Å². The average Bonchev–Trinajstić information content (AvgIpc) is 2.52. The molecule has 5 nitrogen and oxygen atoms in total. The molecule has 1 N–H and O–H groups in total. The van der Waals surface area contributed by atoms with Gasteiger partial charge >= 0.3 is 6.09 Å². The van der Waals surface area contributed by atoms with Gasteiger partial charge in [-0.2, -0.15) is 5.26 Å². The van der Waals surface area contributed by atoms with E-state index in [4.69, 9.17) is 5.26 Å². The van der Waals surface area contributed by atoms with E-state index in [2.05, 4.69) is 25.8 Å². The predicted molar refractivity (Wildman–Crippen MR) is 75.7 cm³/mol. The number of aromatic nitrogens is 1. The van der Waals surface area contributed by atoms with Crippen molar-refractivity contribution >= 4 is 11.8 Å². The molecule has 0 radical (unpaired) electrons. The highest BCUT2D eigenvalue weighted by Crippen LogP contribution is 2.54. The number of rotatable bonds is 0. The molecule has 0 fully saturated rings. The van der Waals surface area contributed by atoms with E-state index in [0.29, 0.717) is 11.4 Å².